The van der Waals surface area contributed by atoms with Crippen LogP contribution in [0.1, 0.15) is 27.0 Å². The van der Waals surface area contributed by atoms with E-state index in [9.17, 15) is 19.5 Å². The van der Waals surface area contributed by atoms with Crippen LogP contribution in [-0.4, -0.2) is 51.9 Å². The number of carboxylic acids is 1. The number of hydrogen-bond acceptors (Lipinski definition) is 3. The summed E-state index contributed by atoms with van der Waals surface area (Å²) in [7, 11) is 1.57. The summed E-state index contributed by atoms with van der Waals surface area (Å²) >= 11 is 0. The molecule has 0 unspecified atom stereocenters. The van der Waals surface area contributed by atoms with E-state index in [-0.39, 0.29) is 18.7 Å². The zero-order chi connectivity index (χ0) is 25.7. The molecule has 0 saturated carbocycles. The lowest BCUT2D eigenvalue weighted by atomic mass is 10.0. The Kier molecular flexibility index (Phi) is 7.49. The molecule has 0 radical (unpaired) electrons. The van der Waals surface area contributed by atoms with E-state index in [1.807, 2.05) is 73.7 Å². The number of aromatic nitrogens is 1. The Morgan fingerprint density at radius 1 is 0.917 bits per heavy atom. The Hall–Kier alpha value is -4.39. The Balaban J connectivity index is 1.58. The molecule has 4 rings (SSSR count). The minimum absolute atomic E-state index is 0.110. The highest BCUT2D eigenvalue weighted by Gasteiger charge is 2.31. The van der Waals surface area contributed by atoms with Crippen LogP contribution in [0, 0.1) is 6.92 Å². The highest BCUT2D eigenvalue weighted by molar-refractivity contribution is 5.98. The molecule has 0 bridgehead atoms. The Labute approximate surface area is 209 Å². The highest BCUT2D eigenvalue weighted by Crippen LogP contribution is 2.20. The molecule has 0 aliphatic rings. The van der Waals surface area contributed by atoms with Gasteiger partial charge < -0.3 is 20.3 Å². The van der Waals surface area contributed by atoms with Gasteiger partial charge in [0.25, 0.3) is 5.91 Å². The maximum Gasteiger partial charge on any atom is 0.326 e. The first-order chi connectivity index (χ1) is 17.3. The number of para-hydroxylation sites is 1. The fourth-order valence-electron chi connectivity index (χ4n) is 4.27. The first-order valence-corrected chi connectivity index (χ1v) is 11.8. The molecule has 2 atom stereocenters. The first kappa shape index (κ1) is 24.7. The van der Waals surface area contributed by atoms with Gasteiger partial charge in [-0.25, -0.2) is 4.79 Å². The average molecular weight is 484 g/mol. The normalized spacial score (nSPS) is 12.6. The van der Waals surface area contributed by atoms with Gasteiger partial charge in [0.15, 0.2) is 0 Å². The number of H-pyrrole nitrogens is 1. The number of amides is 2. The third-order valence-corrected chi connectivity index (χ3v) is 6.37. The summed E-state index contributed by atoms with van der Waals surface area (Å²) < 4.78 is 0. The van der Waals surface area contributed by atoms with Crippen LogP contribution in [-0.2, 0) is 22.4 Å². The van der Waals surface area contributed by atoms with Crippen molar-refractivity contribution in [3.05, 3.63) is 107 Å². The molecule has 3 aromatic carbocycles. The Bertz CT molecular complexity index is 1360. The van der Waals surface area contributed by atoms with Crippen molar-refractivity contribution in [2.45, 2.75) is 31.8 Å². The van der Waals surface area contributed by atoms with Gasteiger partial charge in [-0.3, -0.25) is 9.59 Å². The van der Waals surface area contributed by atoms with E-state index in [2.05, 4.69) is 10.3 Å². The van der Waals surface area contributed by atoms with Gasteiger partial charge in [-0.1, -0.05) is 66.2 Å². The van der Waals surface area contributed by atoms with Crippen LogP contribution < -0.4 is 5.32 Å². The number of carbonyl (C=O) groups excluding carboxylic acids is 2. The molecule has 1 heterocycles. The van der Waals surface area contributed by atoms with Crippen molar-refractivity contribution >= 4 is 28.7 Å². The molecule has 0 saturated heterocycles. The van der Waals surface area contributed by atoms with E-state index < -0.39 is 24.0 Å². The van der Waals surface area contributed by atoms with E-state index in [1.54, 1.807) is 25.4 Å². The molecule has 4 aromatic rings. The van der Waals surface area contributed by atoms with E-state index in [1.165, 1.54) is 4.90 Å². The lowest BCUT2D eigenvalue weighted by molar-refractivity contribution is -0.142. The molecular formula is C29H29N3O4. The Morgan fingerprint density at radius 2 is 1.58 bits per heavy atom. The molecular weight excluding hydrogens is 454 g/mol. The summed E-state index contributed by atoms with van der Waals surface area (Å²) in [4.78, 5) is 43.4. The second-order valence-corrected chi connectivity index (χ2v) is 8.95. The average Bonchev–Trinajstić information content (AvgIpc) is 3.30. The summed E-state index contributed by atoms with van der Waals surface area (Å²) in [6.07, 6.45) is 2.13. The van der Waals surface area contributed by atoms with Crippen molar-refractivity contribution < 1.29 is 19.5 Å². The smallest absolute Gasteiger partial charge is 0.326 e. The van der Waals surface area contributed by atoms with Crippen LogP contribution in [0.4, 0.5) is 0 Å². The number of aliphatic carboxylic acids is 1. The van der Waals surface area contributed by atoms with E-state index >= 15 is 0 Å². The predicted octanol–water partition coefficient (Wildman–Crippen LogP) is 3.97. The van der Waals surface area contributed by atoms with Gasteiger partial charge in [0, 0.05) is 42.6 Å². The number of benzene rings is 3. The molecule has 3 N–H and O–H groups in total. The molecule has 0 aliphatic carbocycles. The monoisotopic (exact) mass is 483 g/mol. The second kappa shape index (κ2) is 10.9. The van der Waals surface area contributed by atoms with Crippen LogP contribution in [0.2, 0.25) is 0 Å². The van der Waals surface area contributed by atoms with Crippen LogP contribution in [0.15, 0.2) is 85.1 Å². The van der Waals surface area contributed by atoms with Gasteiger partial charge >= 0.3 is 5.97 Å². The van der Waals surface area contributed by atoms with Gasteiger partial charge in [-0.2, -0.15) is 0 Å². The minimum atomic E-state index is -1.15. The zero-order valence-electron chi connectivity index (χ0n) is 20.3. The largest absolute Gasteiger partial charge is 0.480 e. The van der Waals surface area contributed by atoms with Crippen molar-refractivity contribution in [1.82, 2.24) is 15.2 Å². The maximum atomic E-state index is 13.5. The number of nitrogens with zero attached hydrogens (tertiary/aromatic N) is 1. The molecule has 1 aromatic heterocycles. The molecule has 0 spiro atoms. The van der Waals surface area contributed by atoms with Gasteiger partial charge in [0.05, 0.1) is 0 Å². The fourth-order valence-corrected chi connectivity index (χ4v) is 4.27. The van der Waals surface area contributed by atoms with Crippen LogP contribution >= 0.6 is 0 Å². The lowest BCUT2D eigenvalue weighted by Gasteiger charge is -2.29. The number of nitrogens with one attached hydrogen (secondary N) is 2. The first-order valence-electron chi connectivity index (χ1n) is 11.8. The molecule has 0 aliphatic heterocycles. The number of rotatable bonds is 9. The summed E-state index contributed by atoms with van der Waals surface area (Å²) in [5.41, 5.74) is 4.04. The van der Waals surface area contributed by atoms with Crippen molar-refractivity contribution in [2.24, 2.45) is 0 Å². The standard InChI is InChI=1S/C29H29N3O4/c1-19-12-14-21(15-13-19)28(34)32(2)26(16-20-8-4-3-5-9-20)27(33)31-25(29(35)36)17-22-18-30-24-11-7-6-10-23(22)24/h3-15,18,25-26,30H,16-17H2,1-2H3,(H,31,33)(H,35,36)/t25-,26-/m0/s1. The fraction of sp³-hybridized carbons (Fsp3) is 0.207. The van der Waals surface area contributed by atoms with Crippen LogP contribution in [0.25, 0.3) is 10.9 Å². The van der Waals surface area contributed by atoms with Crippen LogP contribution in [0.3, 0.4) is 0 Å². The number of fused-ring (bicyclic) bond motifs is 1. The van der Waals surface area contributed by atoms with E-state index in [0.717, 1.165) is 27.6 Å². The summed E-state index contributed by atoms with van der Waals surface area (Å²) in [6.45, 7) is 1.93. The van der Waals surface area contributed by atoms with Crippen molar-refractivity contribution in [3.63, 3.8) is 0 Å². The zero-order valence-corrected chi connectivity index (χ0v) is 20.3. The van der Waals surface area contributed by atoms with Crippen molar-refractivity contribution in [2.75, 3.05) is 7.05 Å². The quantitative estimate of drug-likeness (QED) is 0.335. The van der Waals surface area contributed by atoms with Crippen molar-refractivity contribution in [1.29, 1.82) is 0 Å². The third kappa shape index (κ3) is 5.63. The molecule has 2 amide bonds. The second-order valence-electron chi connectivity index (χ2n) is 8.95. The van der Waals surface area contributed by atoms with Gasteiger partial charge in [0.1, 0.15) is 12.1 Å². The number of carbonyl (C=O) groups is 3. The molecule has 7 nitrogen and oxygen atoms in total. The van der Waals surface area contributed by atoms with E-state index in [0.29, 0.717) is 5.56 Å². The van der Waals surface area contributed by atoms with Gasteiger partial charge in [0.2, 0.25) is 5.91 Å². The SMILES string of the molecule is Cc1ccc(C(=O)N(C)[C@@H](Cc2ccccc2)C(=O)N[C@@H](Cc2c[nH]c3ccccc23)C(=O)O)cc1. The number of hydrogen-bond donors (Lipinski definition) is 3. The van der Waals surface area contributed by atoms with E-state index in [4.69, 9.17) is 0 Å². The Morgan fingerprint density at radius 3 is 2.28 bits per heavy atom. The number of aryl methyl sites for hydroxylation is 1. The number of carboxylic acid groups (broad SMARTS) is 1. The third-order valence-electron chi connectivity index (χ3n) is 6.37. The van der Waals surface area contributed by atoms with Gasteiger partial charge in [-0.15, -0.1) is 0 Å². The van der Waals surface area contributed by atoms with Crippen LogP contribution in [0.5, 0.6) is 0 Å². The van der Waals surface area contributed by atoms with Crippen molar-refractivity contribution in [3.8, 4) is 0 Å². The molecule has 184 valence electrons. The minimum Gasteiger partial charge on any atom is -0.480 e. The molecule has 36 heavy (non-hydrogen) atoms. The summed E-state index contributed by atoms with van der Waals surface area (Å²) in [5, 5.41) is 13.5. The highest BCUT2D eigenvalue weighted by atomic mass is 16.4. The topological polar surface area (TPSA) is 103 Å². The number of likely N-dealkylation sites (N-methyl/N-ethyl adjacent to an activating group) is 1. The molecule has 0 fully saturated rings. The maximum absolute atomic E-state index is 13.5. The summed E-state index contributed by atoms with van der Waals surface area (Å²) in [6, 6.07) is 22.1. The molecule has 7 heteroatoms. The lowest BCUT2D eigenvalue weighted by Crippen LogP contribution is -2.53. The number of aromatic amines is 1. The predicted molar refractivity (Wildman–Crippen MR) is 139 cm³/mol. The van der Waals surface area contributed by atoms with Gasteiger partial charge in [-0.05, 0) is 36.2 Å². The summed E-state index contributed by atoms with van der Waals surface area (Å²) in [5.74, 6) is -1.97.